The summed E-state index contributed by atoms with van der Waals surface area (Å²) in [4.78, 5) is 25.1. The lowest BCUT2D eigenvalue weighted by Gasteiger charge is -2.37. The maximum absolute atomic E-state index is 12.7. The molecule has 2 heterocycles. The summed E-state index contributed by atoms with van der Waals surface area (Å²) < 4.78 is 5.81. The zero-order valence-electron chi connectivity index (χ0n) is 16.2. The highest BCUT2D eigenvalue weighted by molar-refractivity contribution is 6.30. The molecule has 1 aliphatic heterocycles. The van der Waals surface area contributed by atoms with Crippen LogP contribution in [0.2, 0.25) is 5.02 Å². The average molecular weight is 404 g/mol. The van der Waals surface area contributed by atoms with Gasteiger partial charge in [-0.15, -0.1) is 0 Å². The van der Waals surface area contributed by atoms with Crippen LogP contribution in [0.4, 0.5) is 5.82 Å². The number of benzene rings is 1. The summed E-state index contributed by atoms with van der Waals surface area (Å²) in [5.74, 6) is 1.40. The molecule has 1 saturated heterocycles. The summed E-state index contributed by atoms with van der Waals surface area (Å²) in [5, 5.41) is 0.672. The molecule has 150 valence electrons. The Morgan fingerprint density at radius 3 is 2.54 bits per heavy atom. The molecule has 1 aliphatic rings. The van der Waals surface area contributed by atoms with E-state index in [2.05, 4.69) is 14.9 Å². The second-order valence-corrected chi connectivity index (χ2v) is 7.56. The average Bonchev–Trinajstić information content (AvgIpc) is 2.69. The van der Waals surface area contributed by atoms with Crippen molar-refractivity contribution in [3.05, 3.63) is 47.4 Å². The molecule has 2 N–H and O–H groups in total. The molecule has 1 aromatic carbocycles. The topological polar surface area (TPSA) is 84.6 Å². The molecule has 28 heavy (non-hydrogen) atoms. The van der Waals surface area contributed by atoms with Gasteiger partial charge in [-0.1, -0.05) is 23.7 Å². The molecule has 0 bridgehead atoms. The van der Waals surface area contributed by atoms with Gasteiger partial charge in [0.1, 0.15) is 6.33 Å². The number of anilines is 1. The Bertz CT molecular complexity index is 791. The number of piperazine rings is 1. The summed E-state index contributed by atoms with van der Waals surface area (Å²) in [6, 6.07) is 6.86. The van der Waals surface area contributed by atoms with Crippen LogP contribution < -0.4 is 15.4 Å². The molecule has 1 atom stereocenters. The first-order valence-electron chi connectivity index (χ1n) is 9.44. The number of rotatable bonds is 6. The lowest BCUT2D eigenvalue weighted by Crippen LogP contribution is -2.54. The summed E-state index contributed by atoms with van der Waals surface area (Å²) in [6.45, 7) is 6.47. The molecule has 0 saturated carbocycles. The maximum atomic E-state index is 12.7. The Morgan fingerprint density at radius 1 is 1.21 bits per heavy atom. The summed E-state index contributed by atoms with van der Waals surface area (Å²) in [6.07, 6.45) is 3.73. The molecule has 3 rings (SSSR count). The van der Waals surface area contributed by atoms with E-state index in [0.717, 1.165) is 11.4 Å². The molecule has 8 heteroatoms. The van der Waals surface area contributed by atoms with Crippen LogP contribution in [-0.2, 0) is 11.2 Å². The van der Waals surface area contributed by atoms with E-state index in [4.69, 9.17) is 22.1 Å². The van der Waals surface area contributed by atoms with Gasteiger partial charge in [0.15, 0.2) is 11.6 Å². The zero-order chi connectivity index (χ0) is 20.1. The van der Waals surface area contributed by atoms with E-state index in [1.807, 2.05) is 43.0 Å². The van der Waals surface area contributed by atoms with E-state index in [-0.39, 0.29) is 12.0 Å². The van der Waals surface area contributed by atoms with E-state index >= 15 is 0 Å². The second-order valence-electron chi connectivity index (χ2n) is 7.13. The number of hydrogen-bond donors (Lipinski definition) is 1. The van der Waals surface area contributed by atoms with Crippen LogP contribution in [-0.4, -0.2) is 59.1 Å². The van der Waals surface area contributed by atoms with Crippen molar-refractivity contribution in [1.82, 2.24) is 14.9 Å². The summed E-state index contributed by atoms with van der Waals surface area (Å²) >= 11 is 5.91. The SMILES string of the molecule is CC(C)Oc1cncnc1N1CCN(C(=O)[C@H](N)Cc2ccc(Cl)cc2)CC1. The fourth-order valence-corrected chi connectivity index (χ4v) is 3.35. The van der Waals surface area contributed by atoms with Crippen LogP contribution in [0.5, 0.6) is 5.75 Å². The molecular formula is C20H26ClN5O2. The number of aromatic nitrogens is 2. The van der Waals surface area contributed by atoms with Crippen molar-refractivity contribution in [2.75, 3.05) is 31.1 Å². The van der Waals surface area contributed by atoms with Crippen LogP contribution in [0.3, 0.4) is 0 Å². The fourth-order valence-electron chi connectivity index (χ4n) is 3.22. The van der Waals surface area contributed by atoms with Crippen LogP contribution in [0.25, 0.3) is 0 Å². The van der Waals surface area contributed by atoms with Crippen molar-refractivity contribution >= 4 is 23.3 Å². The van der Waals surface area contributed by atoms with E-state index in [1.54, 1.807) is 6.20 Å². The van der Waals surface area contributed by atoms with Gasteiger partial charge in [0.05, 0.1) is 18.3 Å². The van der Waals surface area contributed by atoms with Gasteiger partial charge in [-0.3, -0.25) is 4.79 Å². The first-order chi connectivity index (χ1) is 13.4. The van der Waals surface area contributed by atoms with Gasteiger partial charge in [-0.05, 0) is 38.0 Å². The van der Waals surface area contributed by atoms with Crippen molar-refractivity contribution in [1.29, 1.82) is 0 Å². The predicted octanol–water partition coefficient (Wildman–Crippen LogP) is 2.14. The number of hydrogen-bond acceptors (Lipinski definition) is 6. The minimum absolute atomic E-state index is 0.0315. The third kappa shape index (κ3) is 5.11. The quantitative estimate of drug-likeness (QED) is 0.795. The summed E-state index contributed by atoms with van der Waals surface area (Å²) in [5.41, 5.74) is 7.16. The first kappa shape index (κ1) is 20.4. The monoisotopic (exact) mass is 403 g/mol. The second kappa shape index (κ2) is 9.21. The molecule has 0 aliphatic carbocycles. The van der Waals surface area contributed by atoms with Crippen molar-refractivity contribution in [3.8, 4) is 5.75 Å². The minimum atomic E-state index is -0.563. The molecular weight excluding hydrogens is 378 g/mol. The zero-order valence-corrected chi connectivity index (χ0v) is 17.0. The number of ether oxygens (including phenoxy) is 1. The molecule has 2 aromatic rings. The number of carbonyl (C=O) groups excluding carboxylic acids is 1. The molecule has 1 fully saturated rings. The van der Waals surface area contributed by atoms with Crippen molar-refractivity contribution in [2.45, 2.75) is 32.4 Å². The Hall–Kier alpha value is -2.38. The lowest BCUT2D eigenvalue weighted by molar-refractivity contribution is -0.132. The lowest BCUT2D eigenvalue weighted by atomic mass is 10.1. The number of amides is 1. The van der Waals surface area contributed by atoms with Gasteiger partial charge in [0, 0.05) is 31.2 Å². The van der Waals surface area contributed by atoms with Crippen LogP contribution in [0.15, 0.2) is 36.8 Å². The molecule has 1 amide bonds. The van der Waals surface area contributed by atoms with Gasteiger partial charge >= 0.3 is 0 Å². The molecule has 0 radical (unpaired) electrons. The molecule has 7 nitrogen and oxygen atoms in total. The van der Waals surface area contributed by atoms with Crippen molar-refractivity contribution < 1.29 is 9.53 Å². The van der Waals surface area contributed by atoms with Gasteiger partial charge in [-0.25, -0.2) is 9.97 Å². The smallest absolute Gasteiger partial charge is 0.239 e. The third-order valence-corrected chi connectivity index (χ3v) is 4.85. The van der Waals surface area contributed by atoms with Crippen LogP contribution in [0, 0.1) is 0 Å². The molecule has 1 aromatic heterocycles. The van der Waals surface area contributed by atoms with Crippen molar-refractivity contribution in [3.63, 3.8) is 0 Å². The predicted molar refractivity (Wildman–Crippen MR) is 110 cm³/mol. The Labute approximate surface area is 170 Å². The fraction of sp³-hybridized carbons (Fsp3) is 0.450. The minimum Gasteiger partial charge on any atom is -0.486 e. The maximum Gasteiger partial charge on any atom is 0.239 e. The molecule has 0 spiro atoms. The largest absolute Gasteiger partial charge is 0.486 e. The molecule has 0 unspecified atom stereocenters. The number of carbonyl (C=O) groups is 1. The van der Waals surface area contributed by atoms with Gasteiger partial charge in [-0.2, -0.15) is 0 Å². The normalized spacial score (nSPS) is 15.6. The Balaban J connectivity index is 1.57. The van der Waals surface area contributed by atoms with Crippen LogP contribution in [0.1, 0.15) is 19.4 Å². The van der Waals surface area contributed by atoms with E-state index in [9.17, 15) is 4.79 Å². The van der Waals surface area contributed by atoms with E-state index in [0.29, 0.717) is 43.4 Å². The van der Waals surface area contributed by atoms with Crippen LogP contribution >= 0.6 is 11.6 Å². The summed E-state index contributed by atoms with van der Waals surface area (Å²) in [7, 11) is 0. The van der Waals surface area contributed by atoms with Crippen molar-refractivity contribution in [2.24, 2.45) is 5.73 Å². The highest BCUT2D eigenvalue weighted by Gasteiger charge is 2.27. The van der Waals surface area contributed by atoms with E-state index < -0.39 is 6.04 Å². The van der Waals surface area contributed by atoms with Gasteiger partial charge in [0.2, 0.25) is 5.91 Å². The number of halogens is 1. The van der Waals surface area contributed by atoms with Gasteiger partial charge in [0.25, 0.3) is 0 Å². The van der Waals surface area contributed by atoms with E-state index in [1.165, 1.54) is 6.33 Å². The highest BCUT2D eigenvalue weighted by atomic mass is 35.5. The first-order valence-corrected chi connectivity index (χ1v) is 9.82. The number of nitrogens with zero attached hydrogens (tertiary/aromatic N) is 4. The Morgan fingerprint density at radius 2 is 1.89 bits per heavy atom. The standard InChI is InChI=1S/C20H26ClN5O2/c1-14(2)28-18-12-23-13-24-19(18)25-7-9-26(10-8-25)20(27)17(22)11-15-3-5-16(21)6-4-15/h3-6,12-14,17H,7-11,22H2,1-2H3/t17-/m1/s1. The number of nitrogens with two attached hydrogens (primary N) is 1. The highest BCUT2D eigenvalue weighted by Crippen LogP contribution is 2.26. The Kier molecular flexibility index (Phi) is 6.70. The third-order valence-electron chi connectivity index (χ3n) is 4.60. The van der Waals surface area contributed by atoms with Gasteiger partial charge < -0.3 is 20.3 Å².